The van der Waals surface area contributed by atoms with Gasteiger partial charge in [-0.1, -0.05) is 43.7 Å². The van der Waals surface area contributed by atoms with E-state index in [-0.39, 0.29) is 17.6 Å². The minimum Gasteiger partial charge on any atom is -0.309 e. The number of hydrogen-bond acceptors (Lipinski definition) is 4. The van der Waals surface area contributed by atoms with E-state index in [2.05, 4.69) is 11.8 Å². The van der Waals surface area contributed by atoms with Gasteiger partial charge in [0, 0.05) is 25.4 Å². The molecule has 2 aromatic rings. The van der Waals surface area contributed by atoms with Crippen LogP contribution in [0.2, 0.25) is 0 Å². The second-order valence-electron chi connectivity index (χ2n) is 8.36. The SMILES string of the molecule is CCC[C@H]1CN(S(=O)(=O)c2ccc3ccccc3c2)CC1C(=O)CCCN(C)C. The van der Waals surface area contributed by atoms with Gasteiger partial charge in [-0.15, -0.1) is 0 Å². The van der Waals surface area contributed by atoms with Gasteiger partial charge in [0.2, 0.25) is 10.0 Å². The number of nitrogens with zero attached hydrogens (tertiary/aromatic N) is 2. The normalized spacial score (nSPS) is 20.6. The zero-order chi connectivity index (χ0) is 21.0. The first-order chi connectivity index (χ1) is 13.8. The summed E-state index contributed by atoms with van der Waals surface area (Å²) in [7, 11) is 0.387. The molecule has 0 aliphatic carbocycles. The monoisotopic (exact) mass is 416 g/mol. The summed E-state index contributed by atoms with van der Waals surface area (Å²) < 4.78 is 28.1. The van der Waals surface area contributed by atoms with E-state index in [0.717, 1.165) is 36.6 Å². The molecule has 0 amide bonds. The molecule has 158 valence electrons. The predicted molar refractivity (Wildman–Crippen MR) is 117 cm³/mol. The first kappa shape index (κ1) is 21.9. The molecular formula is C23H32N2O3S. The lowest BCUT2D eigenvalue weighted by Gasteiger charge is -2.17. The zero-order valence-corrected chi connectivity index (χ0v) is 18.5. The van der Waals surface area contributed by atoms with Crippen molar-refractivity contribution in [3.63, 3.8) is 0 Å². The fourth-order valence-corrected chi connectivity index (χ4v) is 5.85. The van der Waals surface area contributed by atoms with Gasteiger partial charge in [-0.25, -0.2) is 8.42 Å². The third-order valence-corrected chi connectivity index (χ3v) is 7.70. The number of rotatable bonds is 9. The van der Waals surface area contributed by atoms with Crippen molar-refractivity contribution in [2.45, 2.75) is 37.5 Å². The average molecular weight is 417 g/mol. The van der Waals surface area contributed by atoms with Gasteiger partial charge >= 0.3 is 0 Å². The van der Waals surface area contributed by atoms with Crippen LogP contribution in [0.4, 0.5) is 0 Å². The Bertz CT molecular complexity index is 956. The number of hydrogen-bond donors (Lipinski definition) is 0. The van der Waals surface area contributed by atoms with Gasteiger partial charge in [0.25, 0.3) is 0 Å². The molecule has 1 unspecified atom stereocenters. The Labute approximate surface area is 174 Å². The van der Waals surface area contributed by atoms with Crippen LogP contribution < -0.4 is 0 Å². The van der Waals surface area contributed by atoms with Gasteiger partial charge in [-0.3, -0.25) is 4.79 Å². The molecule has 29 heavy (non-hydrogen) atoms. The van der Waals surface area contributed by atoms with Crippen molar-refractivity contribution in [1.29, 1.82) is 0 Å². The Morgan fingerprint density at radius 3 is 2.52 bits per heavy atom. The molecule has 0 spiro atoms. The van der Waals surface area contributed by atoms with E-state index in [9.17, 15) is 13.2 Å². The molecule has 1 heterocycles. The molecule has 6 heteroatoms. The second kappa shape index (κ2) is 9.37. The lowest BCUT2D eigenvalue weighted by Crippen LogP contribution is -2.30. The maximum atomic E-state index is 13.3. The van der Waals surface area contributed by atoms with Crippen molar-refractivity contribution in [3.8, 4) is 0 Å². The molecule has 2 aromatic carbocycles. The summed E-state index contributed by atoms with van der Waals surface area (Å²) >= 11 is 0. The molecule has 1 aliphatic rings. The highest BCUT2D eigenvalue weighted by atomic mass is 32.2. The number of fused-ring (bicyclic) bond motifs is 1. The Balaban J connectivity index is 1.79. The molecule has 0 radical (unpaired) electrons. The number of carbonyl (C=O) groups is 1. The molecular weight excluding hydrogens is 384 g/mol. The van der Waals surface area contributed by atoms with Crippen LogP contribution in [-0.2, 0) is 14.8 Å². The summed E-state index contributed by atoms with van der Waals surface area (Å²) in [5.74, 6) is 0.135. The Morgan fingerprint density at radius 1 is 1.10 bits per heavy atom. The second-order valence-corrected chi connectivity index (χ2v) is 10.3. The summed E-state index contributed by atoms with van der Waals surface area (Å²) in [5, 5.41) is 1.93. The van der Waals surface area contributed by atoms with Gasteiger partial charge in [-0.05, 0) is 62.3 Å². The van der Waals surface area contributed by atoms with Gasteiger partial charge in [-0.2, -0.15) is 4.31 Å². The number of sulfonamides is 1. The highest BCUT2D eigenvalue weighted by Gasteiger charge is 2.41. The Morgan fingerprint density at radius 2 is 1.83 bits per heavy atom. The zero-order valence-electron chi connectivity index (χ0n) is 17.7. The van der Waals surface area contributed by atoms with Crippen molar-refractivity contribution >= 4 is 26.6 Å². The number of Topliss-reactive ketones (excluding diaryl/α,β-unsaturated/α-hetero) is 1. The van der Waals surface area contributed by atoms with Crippen molar-refractivity contribution < 1.29 is 13.2 Å². The van der Waals surface area contributed by atoms with Crippen LogP contribution in [0, 0.1) is 11.8 Å². The van der Waals surface area contributed by atoms with Crippen molar-refractivity contribution in [1.82, 2.24) is 9.21 Å². The summed E-state index contributed by atoms with van der Waals surface area (Å²) in [5.41, 5.74) is 0. The quantitative estimate of drug-likeness (QED) is 0.624. The highest BCUT2D eigenvalue weighted by molar-refractivity contribution is 7.89. The molecule has 3 rings (SSSR count). The third-order valence-electron chi connectivity index (χ3n) is 5.87. The maximum absolute atomic E-state index is 13.3. The maximum Gasteiger partial charge on any atom is 0.243 e. The van der Waals surface area contributed by atoms with Gasteiger partial charge in [0.1, 0.15) is 5.78 Å². The Hall–Kier alpha value is -1.76. The van der Waals surface area contributed by atoms with Crippen LogP contribution in [0.3, 0.4) is 0 Å². The van der Waals surface area contributed by atoms with Crippen LogP contribution in [0.5, 0.6) is 0 Å². The molecule has 1 fully saturated rings. The molecule has 0 N–H and O–H groups in total. The lowest BCUT2D eigenvalue weighted by molar-refractivity contribution is -0.123. The predicted octanol–water partition coefficient (Wildman–Crippen LogP) is 3.79. The minimum atomic E-state index is -3.61. The lowest BCUT2D eigenvalue weighted by atomic mass is 9.87. The van der Waals surface area contributed by atoms with E-state index >= 15 is 0 Å². The van der Waals surface area contributed by atoms with E-state index in [1.807, 2.05) is 44.4 Å². The van der Waals surface area contributed by atoms with E-state index in [0.29, 0.717) is 24.4 Å². The van der Waals surface area contributed by atoms with Crippen molar-refractivity contribution in [2.24, 2.45) is 11.8 Å². The largest absolute Gasteiger partial charge is 0.309 e. The van der Waals surface area contributed by atoms with Gasteiger partial charge in [0.05, 0.1) is 4.90 Å². The highest BCUT2D eigenvalue weighted by Crippen LogP contribution is 2.33. The molecule has 0 bridgehead atoms. The van der Waals surface area contributed by atoms with Crippen LogP contribution in [0.1, 0.15) is 32.6 Å². The summed E-state index contributed by atoms with van der Waals surface area (Å²) in [6.45, 7) is 3.71. The summed E-state index contributed by atoms with van der Waals surface area (Å²) in [6, 6.07) is 13.0. The number of ketones is 1. The van der Waals surface area contributed by atoms with E-state index < -0.39 is 10.0 Å². The van der Waals surface area contributed by atoms with E-state index in [1.165, 1.54) is 4.31 Å². The average Bonchev–Trinajstić information content (AvgIpc) is 3.12. The van der Waals surface area contributed by atoms with E-state index in [1.54, 1.807) is 12.1 Å². The molecule has 0 aromatic heterocycles. The van der Waals surface area contributed by atoms with Crippen LogP contribution in [-0.4, -0.2) is 57.1 Å². The smallest absolute Gasteiger partial charge is 0.243 e. The molecule has 0 saturated carbocycles. The fourth-order valence-electron chi connectivity index (χ4n) is 4.29. The standard InChI is InChI=1S/C23H32N2O3S/c1-4-8-20-16-25(17-22(20)23(26)11-7-14-24(2)3)29(27,28)21-13-12-18-9-5-6-10-19(18)15-21/h5-6,9-10,12-13,15,20,22H,4,7-8,11,14,16-17H2,1-3H3/t20-,22?/m0/s1. The topological polar surface area (TPSA) is 57.7 Å². The number of carbonyl (C=O) groups excluding carboxylic acids is 1. The van der Waals surface area contributed by atoms with Crippen LogP contribution in [0.15, 0.2) is 47.4 Å². The van der Waals surface area contributed by atoms with Crippen LogP contribution >= 0.6 is 0 Å². The van der Waals surface area contributed by atoms with Gasteiger partial charge < -0.3 is 4.90 Å². The molecule has 1 aliphatic heterocycles. The minimum absolute atomic E-state index is 0.113. The number of benzene rings is 2. The molecule has 1 saturated heterocycles. The van der Waals surface area contributed by atoms with E-state index in [4.69, 9.17) is 0 Å². The van der Waals surface area contributed by atoms with Crippen LogP contribution in [0.25, 0.3) is 10.8 Å². The fraction of sp³-hybridized carbons (Fsp3) is 0.522. The summed E-state index contributed by atoms with van der Waals surface area (Å²) in [4.78, 5) is 15.2. The molecule has 2 atom stereocenters. The first-order valence-corrected chi connectivity index (χ1v) is 11.9. The van der Waals surface area contributed by atoms with Crippen molar-refractivity contribution in [3.05, 3.63) is 42.5 Å². The summed E-state index contributed by atoms with van der Waals surface area (Å²) in [6.07, 6.45) is 3.18. The molecule has 5 nitrogen and oxygen atoms in total. The van der Waals surface area contributed by atoms with Gasteiger partial charge in [0.15, 0.2) is 0 Å². The first-order valence-electron chi connectivity index (χ1n) is 10.5. The Kier molecular flexibility index (Phi) is 7.09. The van der Waals surface area contributed by atoms with Crippen molar-refractivity contribution in [2.75, 3.05) is 33.7 Å². The third kappa shape index (κ3) is 5.05.